The molecule has 0 spiro atoms. The largest absolute Gasteiger partial charge is 0.457 e. The molecule has 3 rings (SSSR count). The molecule has 1 aliphatic heterocycles. The van der Waals surface area contributed by atoms with E-state index < -0.39 is 0 Å². The van der Waals surface area contributed by atoms with Crippen molar-refractivity contribution in [2.45, 2.75) is 0 Å². The second-order valence-corrected chi connectivity index (χ2v) is 6.76. The lowest BCUT2D eigenvalue weighted by molar-refractivity contribution is -0.127. The monoisotopic (exact) mass is 389 g/mol. The highest BCUT2D eigenvalue weighted by Crippen LogP contribution is 2.31. The normalized spacial score (nSPS) is 16.0. The van der Waals surface area contributed by atoms with Gasteiger partial charge in [-0.25, -0.2) is 0 Å². The highest BCUT2D eigenvalue weighted by Gasteiger charge is 2.17. The number of likely N-dealkylation sites (N-methyl/N-ethyl adjacent to an activating group) is 1. The van der Waals surface area contributed by atoms with Crippen molar-refractivity contribution < 1.29 is 9.21 Å². The topological polar surface area (TPSA) is 62.7 Å². The van der Waals surface area contributed by atoms with Gasteiger partial charge in [-0.3, -0.25) is 4.79 Å². The molecule has 1 aromatic carbocycles. The first-order valence-electron chi connectivity index (χ1n) is 7.84. The molecule has 2 N–H and O–H groups in total. The maximum atomic E-state index is 12.2. The minimum atomic E-state index is 0.0229. The number of nitrogens with two attached hydrogens (primary N) is 1. The van der Waals surface area contributed by atoms with Crippen LogP contribution in [0, 0.1) is 0 Å². The minimum Gasteiger partial charge on any atom is -0.457 e. The average molecular weight is 390 g/mol. The van der Waals surface area contributed by atoms with Crippen molar-refractivity contribution in [3.05, 3.63) is 46.6 Å². The summed E-state index contributed by atoms with van der Waals surface area (Å²) in [5.74, 6) is 1.40. The van der Waals surface area contributed by atoms with Gasteiger partial charge in [-0.05, 0) is 59.4 Å². The van der Waals surface area contributed by atoms with Gasteiger partial charge in [0.1, 0.15) is 11.5 Å². The Bertz CT molecular complexity index is 761. The summed E-state index contributed by atoms with van der Waals surface area (Å²) in [7, 11) is 2.07. The summed E-state index contributed by atoms with van der Waals surface area (Å²) in [6.45, 7) is 3.36. The standard InChI is InChI=1S/C18H20BrN3O2/c1-21-8-10-22(11-9-21)18(23)7-4-14-3-6-17(24-14)15-5-2-13(20)12-16(15)19/h2-7,12H,8-11,20H2,1H3/b7-4+. The summed E-state index contributed by atoms with van der Waals surface area (Å²) in [4.78, 5) is 16.3. The van der Waals surface area contributed by atoms with Gasteiger partial charge in [0.2, 0.25) is 5.91 Å². The van der Waals surface area contributed by atoms with E-state index in [1.807, 2.05) is 35.2 Å². The fourth-order valence-electron chi connectivity index (χ4n) is 2.60. The van der Waals surface area contributed by atoms with Gasteiger partial charge in [0.15, 0.2) is 0 Å². The molecule has 1 fully saturated rings. The number of carbonyl (C=O) groups is 1. The number of benzene rings is 1. The molecule has 2 heterocycles. The SMILES string of the molecule is CN1CCN(C(=O)/C=C/c2ccc(-c3ccc(N)cc3Br)o2)CC1. The predicted molar refractivity (Wildman–Crippen MR) is 99.4 cm³/mol. The second-order valence-electron chi connectivity index (χ2n) is 5.90. The van der Waals surface area contributed by atoms with Gasteiger partial charge in [0, 0.05) is 48.0 Å². The zero-order valence-electron chi connectivity index (χ0n) is 13.5. The van der Waals surface area contributed by atoms with Crippen LogP contribution in [0.3, 0.4) is 0 Å². The number of rotatable bonds is 3. The molecule has 0 aliphatic carbocycles. The van der Waals surface area contributed by atoms with E-state index in [-0.39, 0.29) is 5.91 Å². The van der Waals surface area contributed by atoms with Gasteiger partial charge in [-0.1, -0.05) is 0 Å². The molecule has 6 heteroatoms. The van der Waals surface area contributed by atoms with E-state index in [4.69, 9.17) is 10.2 Å². The Morgan fingerprint density at radius 2 is 1.96 bits per heavy atom. The molecule has 1 amide bonds. The first-order valence-corrected chi connectivity index (χ1v) is 8.63. The van der Waals surface area contributed by atoms with Crippen molar-refractivity contribution >= 4 is 33.6 Å². The van der Waals surface area contributed by atoms with Gasteiger partial charge in [-0.15, -0.1) is 0 Å². The molecule has 5 nitrogen and oxygen atoms in total. The molecule has 0 saturated carbocycles. The van der Waals surface area contributed by atoms with Crippen LogP contribution >= 0.6 is 15.9 Å². The van der Waals surface area contributed by atoms with Gasteiger partial charge in [-0.2, -0.15) is 0 Å². The lowest BCUT2D eigenvalue weighted by Crippen LogP contribution is -2.46. The van der Waals surface area contributed by atoms with Crippen LogP contribution in [0.2, 0.25) is 0 Å². The summed E-state index contributed by atoms with van der Waals surface area (Å²) >= 11 is 3.49. The first kappa shape index (κ1) is 16.8. The summed E-state index contributed by atoms with van der Waals surface area (Å²) in [5, 5.41) is 0. The number of furan rings is 1. The highest BCUT2D eigenvalue weighted by atomic mass is 79.9. The maximum absolute atomic E-state index is 12.2. The predicted octanol–water partition coefficient (Wildman–Crippen LogP) is 3.08. The Hall–Kier alpha value is -2.05. The number of hydrogen-bond donors (Lipinski definition) is 1. The van der Waals surface area contributed by atoms with E-state index in [9.17, 15) is 4.79 Å². The maximum Gasteiger partial charge on any atom is 0.246 e. The van der Waals surface area contributed by atoms with Crippen LogP contribution < -0.4 is 5.73 Å². The molecular weight excluding hydrogens is 370 g/mol. The highest BCUT2D eigenvalue weighted by molar-refractivity contribution is 9.10. The number of carbonyl (C=O) groups excluding carboxylic acids is 1. The van der Waals surface area contributed by atoms with Gasteiger partial charge in [0.25, 0.3) is 0 Å². The van der Waals surface area contributed by atoms with Crippen molar-refractivity contribution in [2.24, 2.45) is 0 Å². The Labute approximate surface area is 149 Å². The molecule has 0 atom stereocenters. The Kier molecular flexibility index (Phi) is 5.06. The molecule has 24 heavy (non-hydrogen) atoms. The minimum absolute atomic E-state index is 0.0229. The molecule has 1 aromatic heterocycles. The van der Waals surface area contributed by atoms with Crippen LogP contribution in [0.1, 0.15) is 5.76 Å². The number of hydrogen-bond acceptors (Lipinski definition) is 4. The summed E-state index contributed by atoms with van der Waals surface area (Å²) < 4.78 is 6.68. The third-order valence-electron chi connectivity index (χ3n) is 4.09. The van der Waals surface area contributed by atoms with E-state index in [1.165, 1.54) is 0 Å². The second kappa shape index (κ2) is 7.23. The van der Waals surface area contributed by atoms with E-state index in [0.717, 1.165) is 42.0 Å². The molecule has 2 aromatic rings. The third-order valence-corrected chi connectivity index (χ3v) is 4.75. The van der Waals surface area contributed by atoms with Crippen molar-refractivity contribution in [3.63, 3.8) is 0 Å². The summed E-state index contributed by atoms with van der Waals surface area (Å²) in [5.41, 5.74) is 7.37. The fourth-order valence-corrected chi connectivity index (χ4v) is 3.20. The number of anilines is 1. The van der Waals surface area contributed by atoms with E-state index in [2.05, 4.69) is 27.9 Å². The molecule has 0 radical (unpaired) electrons. The average Bonchev–Trinajstić information content (AvgIpc) is 3.02. The quantitative estimate of drug-likeness (QED) is 0.647. The molecule has 126 valence electrons. The van der Waals surface area contributed by atoms with Crippen LogP contribution in [0.25, 0.3) is 17.4 Å². The van der Waals surface area contributed by atoms with Crippen molar-refractivity contribution in [1.82, 2.24) is 9.80 Å². The Morgan fingerprint density at radius 1 is 1.21 bits per heavy atom. The van der Waals surface area contributed by atoms with E-state index in [0.29, 0.717) is 11.4 Å². The fraction of sp³-hybridized carbons (Fsp3) is 0.278. The number of amides is 1. The number of nitrogens with zero attached hydrogens (tertiary/aromatic N) is 2. The molecule has 0 bridgehead atoms. The molecular formula is C18H20BrN3O2. The number of piperazine rings is 1. The van der Waals surface area contributed by atoms with Gasteiger partial charge < -0.3 is 20.0 Å². The van der Waals surface area contributed by atoms with Crippen LogP contribution in [0.4, 0.5) is 5.69 Å². The third kappa shape index (κ3) is 3.88. The number of nitrogen functional groups attached to an aromatic ring is 1. The van der Waals surface area contributed by atoms with Crippen LogP contribution in [0.5, 0.6) is 0 Å². The smallest absolute Gasteiger partial charge is 0.246 e. The zero-order valence-corrected chi connectivity index (χ0v) is 15.1. The van der Waals surface area contributed by atoms with Crippen molar-refractivity contribution in [2.75, 3.05) is 39.0 Å². The van der Waals surface area contributed by atoms with Gasteiger partial charge in [0.05, 0.1) is 0 Å². The summed E-state index contributed by atoms with van der Waals surface area (Å²) in [6.07, 6.45) is 3.29. The van der Waals surface area contributed by atoms with Crippen molar-refractivity contribution in [3.8, 4) is 11.3 Å². The lowest BCUT2D eigenvalue weighted by atomic mass is 10.1. The van der Waals surface area contributed by atoms with Crippen LogP contribution in [-0.4, -0.2) is 48.9 Å². The summed E-state index contributed by atoms with van der Waals surface area (Å²) in [6, 6.07) is 9.31. The van der Waals surface area contributed by atoms with E-state index in [1.54, 1.807) is 12.2 Å². The number of halogens is 1. The first-order chi connectivity index (χ1) is 11.5. The van der Waals surface area contributed by atoms with Crippen molar-refractivity contribution in [1.29, 1.82) is 0 Å². The Morgan fingerprint density at radius 3 is 2.67 bits per heavy atom. The Balaban J connectivity index is 1.68. The van der Waals surface area contributed by atoms with Crippen LogP contribution in [-0.2, 0) is 4.79 Å². The van der Waals surface area contributed by atoms with E-state index >= 15 is 0 Å². The molecule has 0 unspecified atom stereocenters. The lowest BCUT2D eigenvalue weighted by Gasteiger charge is -2.31. The zero-order chi connectivity index (χ0) is 17.1. The van der Waals surface area contributed by atoms with Crippen LogP contribution in [0.15, 0.2) is 45.3 Å². The van der Waals surface area contributed by atoms with Gasteiger partial charge >= 0.3 is 0 Å². The molecule has 1 aliphatic rings. The molecule has 1 saturated heterocycles.